The molecule has 0 N–H and O–H groups in total. The summed E-state index contributed by atoms with van der Waals surface area (Å²) in [4.78, 5) is 26.5. The summed E-state index contributed by atoms with van der Waals surface area (Å²) in [6.07, 6.45) is 11.0. The Bertz CT molecular complexity index is 710. The third-order valence-electron chi connectivity index (χ3n) is 6.52. The SMILES string of the molecule is CCCC[P+](CCCC)(CCCC)C(C)C1=C(C)C(=O)c2ccccc2C1=O. The molecule has 0 aliphatic heterocycles. The van der Waals surface area contributed by atoms with Gasteiger partial charge in [0.1, 0.15) is 0 Å². The minimum Gasteiger partial charge on any atom is -0.289 e. The van der Waals surface area contributed by atoms with E-state index in [-0.39, 0.29) is 17.2 Å². The summed E-state index contributed by atoms with van der Waals surface area (Å²) in [5, 5.41) is 0. The number of unbranched alkanes of at least 4 members (excludes halogenated alkanes) is 3. The maximum absolute atomic E-state index is 13.5. The monoisotopic (exact) mass is 401 g/mol. The fraction of sp³-hybridized carbons (Fsp3) is 0.600. The summed E-state index contributed by atoms with van der Waals surface area (Å²) >= 11 is 0. The third kappa shape index (κ3) is 4.65. The van der Waals surface area contributed by atoms with Gasteiger partial charge in [-0.05, 0) is 33.1 Å². The van der Waals surface area contributed by atoms with E-state index in [4.69, 9.17) is 0 Å². The molecule has 0 radical (unpaired) electrons. The number of carbonyl (C=O) groups is 2. The molecular formula is C25H38O2P+. The Hall–Kier alpha value is -1.27. The first-order chi connectivity index (χ1) is 13.4. The molecule has 0 bridgehead atoms. The third-order valence-corrected chi connectivity index (χ3v) is 12.0. The maximum atomic E-state index is 13.5. The zero-order valence-corrected chi connectivity index (χ0v) is 19.4. The fourth-order valence-corrected chi connectivity index (χ4v) is 10.2. The number of carbonyl (C=O) groups excluding carboxylic acids is 2. The average molecular weight is 402 g/mol. The fourth-order valence-electron chi connectivity index (χ4n) is 4.63. The second-order valence-corrected chi connectivity index (χ2v) is 12.9. The van der Waals surface area contributed by atoms with Crippen LogP contribution in [-0.4, -0.2) is 35.7 Å². The van der Waals surface area contributed by atoms with Crippen molar-refractivity contribution in [1.29, 1.82) is 0 Å². The Morgan fingerprint density at radius 1 is 0.786 bits per heavy atom. The number of hydrogen-bond donors (Lipinski definition) is 0. The highest BCUT2D eigenvalue weighted by Gasteiger charge is 2.47. The predicted octanol–water partition coefficient (Wildman–Crippen LogP) is 7.19. The number of allylic oxidation sites excluding steroid dienone is 2. The van der Waals surface area contributed by atoms with Gasteiger partial charge in [-0.2, -0.15) is 0 Å². The normalized spacial score (nSPS) is 15.8. The molecule has 0 aromatic heterocycles. The molecule has 0 amide bonds. The zero-order valence-electron chi connectivity index (χ0n) is 18.5. The quantitative estimate of drug-likeness (QED) is 0.368. The summed E-state index contributed by atoms with van der Waals surface area (Å²) < 4.78 is 0. The zero-order chi connectivity index (χ0) is 20.7. The standard InChI is InChI=1S/C25H38O2P/c1-6-9-16-28(17-10-7-2,18-11-8-3)20(5)23-19(4)24(26)21-14-12-13-15-22(21)25(23)27/h12-15,20H,6-11,16-18H2,1-5H3/q+1. The number of hydrogen-bond acceptors (Lipinski definition) is 2. The summed E-state index contributed by atoms with van der Waals surface area (Å²) in [5.41, 5.74) is 2.95. The lowest BCUT2D eigenvalue weighted by Gasteiger charge is -2.36. The van der Waals surface area contributed by atoms with Gasteiger partial charge in [0.25, 0.3) is 0 Å². The Labute approximate surface area is 172 Å². The van der Waals surface area contributed by atoms with Crippen LogP contribution in [0.2, 0.25) is 0 Å². The molecule has 1 unspecified atom stereocenters. The van der Waals surface area contributed by atoms with Crippen molar-refractivity contribution in [2.45, 2.75) is 78.8 Å². The van der Waals surface area contributed by atoms with Gasteiger partial charge in [0.05, 0.1) is 24.1 Å². The largest absolute Gasteiger partial charge is 0.289 e. The lowest BCUT2D eigenvalue weighted by atomic mass is 9.83. The highest BCUT2D eigenvalue weighted by atomic mass is 31.2. The molecular weight excluding hydrogens is 363 g/mol. The summed E-state index contributed by atoms with van der Waals surface area (Å²) in [7, 11) is -1.35. The molecule has 154 valence electrons. The van der Waals surface area contributed by atoms with E-state index < -0.39 is 7.26 Å². The molecule has 0 spiro atoms. The molecule has 0 saturated carbocycles. The molecule has 28 heavy (non-hydrogen) atoms. The van der Waals surface area contributed by atoms with Gasteiger partial charge >= 0.3 is 0 Å². The van der Waals surface area contributed by atoms with Gasteiger partial charge in [0.2, 0.25) is 0 Å². The van der Waals surface area contributed by atoms with Crippen molar-refractivity contribution in [3.8, 4) is 0 Å². The first-order valence-corrected chi connectivity index (χ1v) is 13.6. The Balaban J connectivity index is 2.51. The minimum absolute atomic E-state index is 0.0524. The summed E-state index contributed by atoms with van der Waals surface area (Å²) in [6, 6.07) is 7.36. The van der Waals surface area contributed by atoms with Crippen LogP contribution in [0.4, 0.5) is 0 Å². The first kappa shape index (κ1) is 23.0. The number of rotatable bonds is 11. The molecule has 0 fully saturated rings. The molecule has 3 heteroatoms. The topological polar surface area (TPSA) is 34.1 Å². The average Bonchev–Trinajstić information content (AvgIpc) is 2.72. The van der Waals surface area contributed by atoms with Gasteiger partial charge in [-0.25, -0.2) is 0 Å². The van der Waals surface area contributed by atoms with Crippen LogP contribution in [0.5, 0.6) is 0 Å². The summed E-state index contributed by atoms with van der Waals surface area (Å²) in [5.74, 6) is 0.158. The van der Waals surface area contributed by atoms with E-state index in [1.165, 1.54) is 57.0 Å². The molecule has 1 atom stereocenters. The highest BCUT2D eigenvalue weighted by molar-refractivity contribution is 7.76. The molecule has 0 saturated heterocycles. The van der Waals surface area contributed by atoms with Crippen molar-refractivity contribution in [2.75, 3.05) is 18.5 Å². The van der Waals surface area contributed by atoms with Crippen LogP contribution >= 0.6 is 7.26 Å². The van der Waals surface area contributed by atoms with E-state index in [9.17, 15) is 9.59 Å². The van der Waals surface area contributed by atoms with Crippen molar-refractivity contribution in [3.05, 3.63) is 46.5 Å². The van der Waals surface area contributed by atoms with Gasteiger partial charge in [-0.15, -0.1) is 0 Å². The predicted molar refractivity (Wildman–Crippen MR) is 124 cm³/mol. The van der Waals surface area contributed by atoms with Crippen LogP contribution in [-0.2, 0) is 0 Å². The van der Waals surface area contributed by atoms with Gasteiger partial charge in [-0.3, -0.25) is 9.59 Å². The first-order valence-electron chi connectivity index (χ1n) is 11.2. The molecule has 1 aromatic carbocycles. The van der Waals surface area contributed by atoms with E-state index in [1.54, 1.807) is 6.07 Å². The number of ketones is 2. The van der Waals surface area contributed by atoms with E-state index >= 15 is 0 Å². The maximum Gasteiger partial charge on any atom is 0.194 e. The van der Waals surface area contributed by atoms with Gasteiger partial charge in [0.15, 0.2) is 11.6 Å². The second-order valence-electron chi connectivity index (χ2n) is 8.37. The Morgan fingerprint density at radius 2 is 1.21 bits per heavy atom. The van der Waals surface area contributed by atoms with Gasteiger partial charge < -0.3 is 0 Å². The van der Waals surface area contributed by atoms with Crippen molar-refractivity contribution in [2.24, 2.45) is 0 Å². The van der Waals surface area contributed by atoms with Crippen molar-refractivity contribution < 1.29 is 9.59 Å². The number of Topliss-reactive ketones (excluding diaryl/α,β-unsaturated/α-hetero) is 2. The number of fused-ring (bicyclic) bond motifs is 1. The van der Waals surface area contributed by atoms with Gasteiger partial charge in [-0.1, -0.05) is 64.3 Å². The van der Waals surface area contributed by atoms with Crippen LogP contribution in [0.25, 0.3) is 0 Å². The van der Waals surface area contributed by atoms with Crippen LogP contribution < -0.4 is 0 Å². The van der Waals surface area contributed by atoms with E-state index in [0.717, 1.165) is 5.57 Å². The van der Waals surface area contributed by atoms with E-state index in [2.05, 4.69) is 27.7 Å². The minimum atomic E-state index is -1.35. The smallest absolute Gasteiger partial charge is 0.194 e. The van der Waals surface area contributed by atoms with Crippen molar-refractivity contribution in [3.63, 3.8) is 0 Å². The van der Waals surface area contributed by atoms with Crippen LogP contribution in [0, 0.1) is 0 Å². The molecule has 1 aliphatic rings. The Kier molecular flexibility index (Phi) is 8.62. The lowest BCUT2D eigenvalue weighted by Crippen LogP contribution is -2.31. The number of benzene rings is 1. The second kappa shape index (κ2) is 10.5. The summed E-state index contributed by atoms with van der Waals surface area (Å²) in [6.45, 7) is 10.9. The molecule has 2 rings (SSSR count). The van der Waals surface area contributed by atoms with Crippen molar-refractivity contribution >= 4 is 18.8 Å². The molecule has 2 nitrogen and oxygen atoms in total. The lowest BCUT2D eigenvalue weighted by molar-refractivity contribution is 0.0973. The van der Waals surface area contributed by atoms with E-state index in [1.807, 2.05) is 25.1 Å². The van der Waals surface area contributed by atoms with Crippen LogP contribution in [0.3, 0.4) is 0 Å². The Morgan fingerprint density at radius 3 is 1.64 bits per heavy atom. The molecule has 1 aromatic rings. The molecule has 0 heterocycles. The van der Waals surface area contributed by atoms with Crippen molar-refractivity contribution in [1.82, 2.24) is 0 Å². The van der Waals surface area contributed by atoms with Crippen LogP contribution in [0.15, 0.2) is 35.4 Å². The van der Waals surface area contributed by atoms with E-state index in [0.29, 0.717) is 16.7 Å². The van der Waals surface area contributed by atoms with Crippen LogP contribution in [0.1, 0.15) is 93.9 Å². The van der Waals surface area contributed by atoms with Gasteiger partial charge in [0, 0.05) is 29.5 Å². The highest BCUT2D eigenvalue weighted by Crippen LogP contribution is 2.67. The molecule has 1 aliphatic carbocycles.